The minimum absolute atomic E-state index is 0. The summed E-state index contributed by atoms with van der Waals surface area (Å²) in [6.07, 6.45) is 9.07. The smallest absolute Gasteiger partial charge is 0.105 e. The molecule has 0 bridgehead atoms. The Bertz CT molecular complexity index is 967. The molecule has 0 amide bonds. The fourth-order valence-electron chi connectivity index (χ4n) is 3.86. The van der Waals surface area contributed by atoms with Gasteiger partial charge in [0, 0.05) is 39.6 Å². The fourth-order valence-corrected chi connectivity index (χ4v) is 3.86. The van der Waals surface area contributed by atoms with E-state index in [0.29, 0.717) is 0 Å². The number of hydrogen-bond donors (Lipinski definition) is 2. The molecule has 0 fully saturated rings. The second-order valence-corrected chi connectivity index (χ2v) is 8.57. The quantitative estimate of drug-likeness (QED) is 0.457. The second-order valence-electron chi connectivity index (χ2n) is 8.57. The average Bonchev–Trinajstić information content (AvgIpc) is 2.76. The van der Waals surface area contributed by atoms with Crippen molar-refractivity contribution in [3.05, 3.63) is 89.0 Å². The Labute approximate surface area is 205 Å². The van der Waals surface area contributed by atoms with Crippen LogP contribution in [0, 0.1) is 12.3 Å². The van der Waals surface area contributed by atoms with Gasteiger partial charge in [-0.3, -0.25) is 0 Å². The lowest BCUT2D eigenvalue weighted by atomic mass is 9.80. The van der Waals surface area contributed by atoms with E-state index in [1.165, 1.54) is 39.2 Å². The van der Waals surface area contributed by atoms with Crippen LogP contribution in [0.1, 0.15) is 16.7 Å². The first-order valence-electron chi connectivity index (χ1n) is 10.6. The van der Waals surface area contributed by atoms with Gasteiger partial charge in [0.25, 0.3) is 0 Å². The van der Waals surface area contributed by atoms with E-state index in [-0.39, 0.29) is 30.2 Å². The van der Waals surface area contributed by atoms with Crippen LogP contribution >= 0.6 is 0 Å². The van der Waals surface area contributed by atoms with Gasteiger partial charge in [0.05, 0.1) is 13.1 Å². The van der Waals surface area contributed by atoms with Crippen molar-refractivity contribution >= 4 is 16.9 Å². The highest BCUT2D eigenvalue weighted by Crippen LogP contribution is 2.36. The topological polar surface area (TPSA) is 61.8 Å². The van der Waals surface area contributed by atoms with E-state index in [9.17, 15) is 0 Å². The third kappa shape index (κ3) is 5.76. The van der Waals surface area contributed by atoms with Crippen LogP contribution in [-0.4, -0.2) is 41.3 Å². The molecule has 0 radical (unpaired) electrons. The number of rotatable bonds is 6. The maximum Gasteiger partial charge on any atom is 0.105 e. The van der Waals surface area contributed by atoms with Crippen LogP contribution < -0.4 is 46.1 Å². The molecule has 0 saturated heterocycles. The van der Waals surface area contributed by atoms with Crippen molar-refractivity contribution < 1.29 is 36.3 Å². The first-order chi connectivity index (χ1) is 14.3. The van der Waals surface area contributed by atoms with E-state index < -0.39 is 0 Å². The van der Waals surface area contributed by atoms with Gasteiger partial charge in [0.1, 0.15) is 5.41 Å². The molecule has 0 spiro atoms. The molecule has 0 aromatic heterocycles. The Hall–Kier alpha value is -2.24. The predicted molar refractivity (Wildman–Crippen MR) is 129 cm³/mol. The summed E-state index contributed by atoms with van der Waals surface area (Å²) in [4.78, 5) is 4.28. The molecule has 0 aliphatic heterocycles. The van der Waals surface area contributed by atoms with Crippen molar-refractivity contribution in [1.29, 1.82) is 0 Å². The number of halogens is 2. The molecule has 32 heavy (non-hydrogen) atoms. The van der Waals surface area contributed by atoms with E-state index in [4.69, 9.17) is 0 Å². The largest absolute Gasteiger partial charge is 1.00 e. The van der Waals surface area contributed by atoms with Crippen LogP contribution in [-0.2, 0) is 0 Å². The molecule has 6 N–H and O–H groups in total. The van der Waals surface area contributed by atoms with Crippen molar-refractivity contribution in [2.45, 2.75) is 6.92 Å². The molecule has 0 unspecified atom stereocenters. The van der Waals surface area contributed by atoms with Gasteiger partial charge in [-0.25, -0.2) is 0 Å². The highest BCUT2D eigenvalue weighted by molar-refractivity contribution is 5.88. The summed E-state index contributed by atoms with van der Waals surface area (Å²) < 4.78 is 0. The normalized spacial score (nSPS) is 13.8. The molecule has 1 aliphatic rings. The highest BCUT2D eigenvalue weighted by atomic mass is 35.5. The molecule has 2 aromatic carbocycles. The van der Waals surface area contributed by atoms with Crippen LogP contribution in [0.2, 0.25) is 0 Å². The Morgan fingerprint density at radius 3 is 1.72 bits per heavy atom. The van der Waals surface area contributed by atoms with Gasteiger partial charge in [0.15, 0.2) is 0 Å². The van der Waals surface area contributed by atoms with Gasteiger partial charge >= 0.3 is 0 Å². The summed E-state index contributed by atoms with van der Waals surface area (Å²) in [6, 6.07) is 15.5. The van der Waals surface area contributed by atoms with Crippen molar-refractivity contribution in [2.75, 3.05) is 51.1 Å². The molecule has 174 valence electrons. The zero-order chi connectivity index (χ0) is 21.9. The number of quaternary nitrogens is 2. The average molecular weight is 476 g/mol. The lowest BCUT2D eigenvalue weighted by Crippen LogP contribution is -3.00. The number of nitrogens with zero attached hydrogens (tertiary/aromatic N) is 2. The maximum absolute atomic E-state index is 4.14. The number of aryl methyl sites for hydroxylation is 1. The van der Waals surface area contributed by atoms with E-state index in [1.807, 2.05) is 0 Å². The van der Waals surface area contributed by atoms with Crippen LogP contribution in [0.15, 0.2) is 72.3 Å². The van der Waals surface area contributed by atoms with Gasteiger partial charge in [0.2, 0.25) is 0 Å². The predicted octanol–water partition coefficient (Wildman–Crippen LogP) is -3.47. The monoisotopic (exact) mass is 474 g/mol. The van der Waals surface area contributed by atoms with Gasteiger partial charge in [-0.05, 0) is 59.0 Å². The number of benzene rings is 2. The SMILES string of the molecule is Cc1cc(N(C)C)ccc1C(=C1C=CC(C[NH3+])(C[NH3+])C=C1)c1ccc(N(C)C)cc1.[Cl-].[Cl-]. The molecule has 1 aliphatic carbocycles. The molecule has 6 heteroatoms. The Kier molecular flexibility index (Phi) is 10.1. The van der Waals surface area contributed by atoms with Gasteiger partial charge < -0.3 is 46.1 Å². The van der Waals surface area contributed by atoms with Gasteiger partial charge in [-0.15, -0.1) is 0 Å². The summed E-state index contributed by atoms with van der Waals surface area (Å²) in [5.41, 5.74) is 16.9. The van der Waals surface area contributed by atoms with Crippen LogP contribution in [0.3, 0.4) is 0 Å². The molecule has 2 aromatic rings. The zero-order valence-corrected chi connectivity index (χ0v) is 21.3. The Balaban J connectivity index is 0.00000256. The van der Waals surface area contributed by atoms with Crippen molar-refractivity contribution in [1.82, 2.24) is 0 Å². The van der Waals surface area contributed by atoms with E-state index in [2.05, 4.69) is 123 Å². The summed E-state index contributed by atoms with van der Waals surface area (Å²) in [5, 5.41) is 0. The molecular formula is C26H36Cl2N4. The Morgan fingerprint density at radius 2 is 1.28 bits per heavy atom. The van der Waals surface area contributed by atoms with Gasteiger partial charge in [-0.2, -0.15) is 0 Å². The molecular weight excluding hydrogens is 439 g/mol. The van der Waals surface area contributed by atoms with Crippen molar-refractivity contribution in [3.63, 3.8) is 0 Å². The third-order valence-corrected chi connectivity index (χ3v) is 6.08. The first-order valence-corrected chi connectivity index (χ1v) is 10.6. The molecule has 4 nitrogen and oxygen atoms in total. The minimum Gasteiger partial charge on any atom is -1.00 e. The van der Waals surface area contributed by atoms with E-state index in [0.717, 1.165) is 13.1 Å². The molecule has 0 atom stereocenters. The van der Waals surface area contributed by atoms with Crippen LogP contribution in [0.4, 0.5) is 11.4 Å². The van der Waals surface area contributed by atoms with Crippen LogP contribution in [0.5, 0.6) is 0 Å². The lowest BCUT2D eigenvalue weighted by molar-refractivity contribution is -0.429. The van der Waals surface area contributed by atoms with E-state index >= 15 is 0 Å². The number of allylic oxidation sites excluding steroid dienone is 3. The second kappa shape index (κ2) is 11.6. The zero-order valence-electron chi connectivity index (χ0n) is 19.8. The first kappa shape index (κ1) is 27.8. The number of hydrogen-bond acceptors (Lipinski definition) is 2. The number of anilines is 2. The standard InChI is InChI=1S/C26H34N4.2ClH/c1-19-16-23(30(4)5)10-11-24(19)25(20-6-8-22(9-7-20)29(2)3)21-12-14-26(17-27,18-28)15-13-21;;/h6-16H,17-18,27-28H2,1-5H3;2*1H. The van der Waals surface area contributed by atoms with Crippen molar-refractivity contribution in [3.8, 4) is 0 Å². The third-order valence-electron chi connectivity index (χ3n) is 6.08. The molecule has 0 heterocycles. The summed E-state index contributed by atoms with van der Waals surface area (Å²) in [6.45, 7) is 3.84. The summed E-state index contributed by atoms with van der Waals surface area (Å²) in [7, 11) is 8.31. The van der Waals surface area contributed by atoms with E-state index in [1.54, 1.807) is 0 Å². The fraction of sp³-hybridized carbons (Fsp3) is 0.308. The summed E-state index contributed by atoms with van der Waals surface area (Å²) in [5.74, 6) is 0. The summed E-state index contributed by atoms with van der Waals surface area (Å²) >= 11 is 0. The minimum atomic E-state index is -0.0345. The lowest BCUT2D eigenvalue weighted by Gasteiger charge is -2.24. The van der Waals surface area contributed by atoms with Gasteiger partial charge in [-0.1, -0.05) is 42.5 Å². The van der Waals surface area contributed by atoms with Crippen LogP contribution in [0.25, 0.3) is 5.57 Å². The molecule has 3 rings (SSSR count). The van der Waals surface area contributed by atoms with Crippen molar-refractivity contribution in [2.24, 2.45) is 5.41 Å². The molecule has 0 saturated carbocycles. The Morgan fingerprint density at radius 1 is 0.781 bits per heavy atom. The highest BCUT2D eigenvalue weighted by Gasteiger charge is 2.28. The maximum atomic E-state index is 4.14.